The van der Waals surface area contributed by atoms with Crippen LogP contribution in [0.2, 0.25) is 0 Å². The number of unbranched alkanes of at least 4 members (excludes halogenated alkanes) is 8. The van der Waals surface area contributed by atoms with Crippen molar-refractivity contribution in [2.45, 2.75) is 90.4 Å². The molecule has 1 atom stereocenters. The first kappa shape index (κ1) is 21.2. The smallest absolute Gasteiger partial charge is 0.0132 e. The summed E-state index contributed by atoms with van der Waals surface area (Å²) in [7, 11) is 0. The summed E-state index contributed by atoms with van der Waals surface area (Å²) in [4.78, 5) is 0. The van der Waals surface area contributed by atoms with Gasteiger partial charge in [0.15, 0.2) is 0 Å². The van der Waals surface area contributed by atoms with Gasteiger partial charge in [0.05, 0.1) is 0 Å². The highest BCUT2D eigenvalue weighted by molar-refractivity contribution is 5.06. The molecule has 1 unspecified atom stereocenters. The van der Waals surface area contributed by atoms with Gasteiger partial charge in [-0.05, 0) is 37.5 Å². The van der Waals surface area contributed by atoms with E-state index in [0.717, 1.165) is 19.3 Å². The minimum absolute atomic E-state index is 0.679. The molecule has 0 N–H and O–H groups in total. The summed E-state index contributed by atoms with van der Waals surface area (Å²) >= 11 is 0. The van der Waals surface area contributed by atoms with E-state index >= 15 is 0 Å². The van der Waals surface area contributed by atoms with Crippen molar-refractivity contribution >= 4 is 0 Å². The predicted octanol–water partition coefficient (Wildman–Crippen LogP) is 7.83. The van der Waals surface area contributed by atoms with E-state index in [9.17, 15) is 0 Å². The molecule has 0 aliphatic heterocycles. The van der Waals surface area contributed by atoms with Crippen LogP contribution in [0.5, 0.6) is 0 Å². The lowest BCUT2D eigenvalue weighted by Crippen LogP contribution is -2.11. The lowest BCUT2D eigenvalue weighted by Gasteiger charge is -2.24. The number of hydrogen-bond acceptors (Lipinski definition) is 0. The summed E-state index contributed by atoms with van der Waals surface area (Å²) in [5, 5.41) is 0. The van der Waals surface area contributed by atoms with Gasteiger partial charge in [-0.3, -0.25) is 0 Å². The Morgan fingerprint density at radius 2 is 1.23 bits per heavy atom. The van der Waals surface area contributed by atoms with Crippen molar-refractivity contribution in [3.63, 3.8) is 0 Å². The van der Waals surface area contributed by atoms with E-state index in [2.05, 4.69) is 32.7 Å². The van der Waals surface area contributed by atoms with Gasteiger partial charge in [0, 0.05) is 0 Å². The molecular weight excluding hydrogens is 264 g/mol. The van der Waals surface area contributed by atoms with Crippen molar-refractivity contribution in [2.75, 3.05) is 0 Å². The van der Waals surface area contributed by atoms with E-state index in [-0.39, 0.29) is 0 Å². The molecule has 0 bridgehead atoms. The normalized spacial score (nSPS) is 12.3. The molecule has 127 valence electrons. The molecule has 0 amide bonds. The molecule has 0 fully saturated rings. The minimum atomic E-state index is 0.679. The Balaban J connectivity index is 3.82. The summed E-state index contributed by atoms with van der Waals surface area (Å²) in [5.41, 5.74) is 0. The van der Waals surface area contributed by atoms with E-state index in [1.54, 1.807) is 5.92 Å². The van der Waals surface area contributed by atoms with E-state index in [0.29, 0.717) is 5.92 Å². The van der Waals surface area contributed by atoms with Crippen molar-refractivity contribution in [2.24, 2.45) is 5.92 Å². The molecule has 0 aliphatic rings. The van der Waals surface area contributed by atoms with Crippen LogP contribution in [-0.2, 0) is 0 Å². The first-order chi connectivity index (χ1) is 10.8. The fourth-order valence-electron chi connectivity index (χ4n) is 3.18. The van der Waals surface area contributed by atoms with Crippen LogP contribution in [0.3, 0.4) is 0 Å². The molecule has 0 saturated carbocycles. The summed E-state index contributed by atoms with van der Waals surface area (Å²) < 4.78 is 0. The molecule has 0 aromatic heterocycles. The van der Waals surface area contributed by atoms with Crippen molar-refractivity contribution < 1.29 is 0 Å². The largest absolute Gasteiger partial charge is 0.103 e. The number of rotatable bonds is 17. The summed E-state index contributed by atoms with van der Waals surface area (Å²) in [6.07, 6.45) is 23.2. The molecule has 0 nitrogen and oxygen atoms in total. The lowest BCUT2D eigenvalue weighted by atomic mass is 9.81. The summed E-state index contributed by atoms with van der Waals surface area (Å²) in [6, 6.07) is 0. The second kappa shape index (κ2) is 16.6. The molecule has 1 radical (unpaired) electrons. The molecule has 0 saturated heterocycles. The highest BCUT2D eigenvalue weighted by Gasteiger charge is 2.18. The average Bonchev–Trinajstić information content (AvgIpc) is 2.52. The van der Waals surface area contributed by atoms with Crippen LogP contribution in [-0.4, -0.2) is 0 Å². The van der Waals surface area contributed by atoms with Gasteiger partial charge in [-0.2, -0.15) is 0 Å². The van der Waals surface area contributed by atoms with Gasteiger partial charge < -0.3 is 0 Å². The molecule has 0 aliphatic carbocycles. The van der Waals surface area contributed by atoms with Crippen LogP contribution >= 0.6 is 0 Å². The van der Waals surface area contributed by atoms with Crippen LogP contribution < -0.4 is 0 Å². The van der Waals surface area contributed by atoms with Gasteiger partial charge in [0.1, 0.15) is 0 Å². The van der Waals surface area contributed by atoms with Gasteiger partial charge in [-0.25, -0.2) is 0 Å². The van der Waals surface area contributed by atoms with E-state index < -0.39 is 0 Å². The second-order valence-electron chi connectivity index (χ2n) is 6.48. The molecular formula is C22H39. The molecule has 22 heavy (non-hydrogen) atoms. The zero-order valence-corrected chi connectivity index (χ0v) is 15.1. The lowest BCUT2D eigenvalue weighted by molar-refractivity contribution is 0.448. The zero-order valence-electron chi connectivity index (χ0n) is 15.1. The topological polar surface area (TPSA) is 0 Å². The Hall–Kier alpha value is -0.780. The maximum absolute atomic E-state index is 3.93. The molecule has 0 rings (SSSR count). The van der Waals surface area contributed by atoms with E-state index in [4.69, 9.17) is 0 Å². The fraction of sp³-hybridized carbons (Fsp3) is 0.682. The minimum Gasteiger partial charge on any atom is -0.103 e. The van der Waals surface area contributed by atoms with E-state index in [1.165, 1.54) is 64.2 Å². The van der Waals surface area contributed by atoms with Gasteiger partial charge in [0.2, 0.25) is 0 Å². The monoisotopic (exact) mass is 303 g/mol. The van der Waals surface area contributed by atoms with Crippen LogP contribution in [0.25, 0.3) is 0 Å². The quantitative estimate of drug-likeness (QED) is 0.190. The summed E-state index contributed by atoms with van der Waals surface area (Å²) in [5.74, 6) is 2.27. The van der Waals surface area contributed by atoms with Crippen LogP contribution in [0.1, 0.15) is 90.4 Å². The average molecular weight is 304 g/mol. The maximum Gasteiger partial charge on any atom is -0.0132 e. The first-order valence-corrected chi connectivity index (χ1v) is 9.47. The zero-order chi connectivity index (χ0) is 16.5. The van der Waals surface area contributed by atoms with Crippen molar-refractivity contribution in [3.8, 4) is 0 Å². The molecule has 0 heteroatoms. The highest BCUT2D eigenvalue weighted by atomic mass is 14.2. The fourth-order valence-corrected chi connectivity index (χ4v) is 3.18. The molecule has 0 heterocycles. The Kier molecular flexibility index (Phi) is 16.0. The SMILES string of the molecule is C=CC[C](CC=C)C(CC=C)CCCCCCCCCCC. The Morgan fingerprint density at radius 1 is 0.727 bits per heavy atom. The predicted molar refractivity (Wildman–Crippen MR) is 103 cm³/mol. The standard InChI is InChI=1S/C22H39/c1-5-9-10-11-12-13-14-15-16-20-22(19-8-4)21(17-6-2)18-7-3/h6-8,22H,2-5,9-20H2,1H3. The second-order valence-corrected chi connectivity index (χ2v) is 6.48. The maximum atomic E-state index is 3.93. The summed E-state index contributed by atoms with van der Waals surface area (Å²) in [6.45, 7) is 14.0. The third-order valence-electron chi connectivity index (χ3n) is 4.50. The van der Waals surface area contributed by atoms with Crippen LogP contribution in [0.15, 0.2) is 38.0 Å². The van der Waals surface area contributed by atoms with Crippen LogP contribution in [0.4, 0.5) is 0 Å². The van der Waals surface area contributed by atoms with Gasteiger partial charge in [-0.1, -0.05) is 82.9 Å². The molecule has 0 aromatic rings. The van der Waals surface area contributed by atoms with E-state index in [1.807, 2.05) is 12.2 Å². The molecule has 0 spiro atoms. The Bertz CT molecular complexity index is 253. The van der Waals surface area contributed by atoms with Crippen molar-refractivity contribution in [1.29, 1.82) is 0 Å². The van der Waals surface area contributed by atoms with Crippen LogP contribution in [0, 0.1) is 11.8 Å². The highest BCUT2D eigenvalue weighted by Crippen LogP contribution is 2.31. The Morgan fingerprint density at radius 3 is 1.68 bits per heavy atom. The Labute approximate surface area is 140 Å². The third-order valence-corrected chi connectivity index (χ3v) is 4.50. The van der Waals surface area contributed by atoms with Gasteiger partial charge in [0.25, 0.3) is 0 Å². The van der Waals surface area contributed by atoms with Crippen molar-refractivity contribution in [1.82, 2.24) is 0 Å². The molecule has 0 aromatic carbocycles. The number of hydrogen-bond donors (Lipinski definition) is 0. The first-order valence-electron chi connectivity index (χ1n) is 9.47. The third kappa shape index (κ3) is 11.8. The number of allylic oxidation sites excluding steroid dienone is 3. The van der Waals surface area contributed by atoms with Crippen molar-refractivity contribution in [3.05, 3.63) is 43.9 Å². The van der Waals surface area contributed by atoms with Gasteiger partial charge >= 0.3 is 0 Å². The van der Waals surface area contributed by atoms with Gasteiger partial charge in [-0.15, -0.1) is 19.7 Å².